The van der Waals surface area contributed by atoms with Gasteiger partial charge in [-0.25, -0.2) is 9.78 Å². The van der Waals surface area contributed by atoms with Crippen LogP contribution in [0.15, 0.2) is 42.6 Å². The number of carbonyl (C=O) groups is 1. The largest absolute Gasteiger partial charge is 0.573 e. The van der Waals surface area contributed by atoms with Gasteiger partial charge >= 0.3 is 12.4 Å². The van der Waals surface area contributed by atoms with Gasteiger partial charge in [-0.1, -0.05) is 0 Å². The molecule has 3 rings (SSSR count). The number of anilines is 2. The second-order valence-corrected chi connectivity index (χ2v) is 5.99. The van der Waals surface area contributed by atoms with Gasteiger partial charge in [0.15, 0.2) is 0 Å². The lowest BCUT2D eigenvalue weighted by Gasteiger charge is -2.35. The molecular weight excluding hydrogens is 375 g/mol. The van der Waals surface area contributed by atoms with Gasteiger partial charge in [-0.2, -0.15) is 5.26 Å². The summed E-state index contributed by atoms with van der Waals surface area (Å²) in [5.41, 5.74) is 0.851. The molecule has 0 spiro atoms. The van der Waals surface area contributed by atoms with Crippen molar-refractivity contribution < 1.29 is 22.7 Å². The normalized spacial score (nSPS) is 14.4. The van der Waals surface area contributed by atoms with E-state index in [0.29, 0.717) is 37.4 Å². The summed E-state index contributed by atoms with van der Waals surface area (Å²) >= 11 is 0. The van der Waals surface area contributed by atoms with Crippen molar-refractivity contribution in [3.63, 3.8) is 0 Å². The van der Waals surface area contributed by atoms with E-state index >= 15 is 0 Å². The molecule has 0 saturated carbocycles. The molecule has 1 saturated heterocycles. The molecule has 2 aromatic rings. The molecule has 0 radical (unpaired) electrons. The van der Waals surface area contributed by atoms with E-state index in [-0.39, 0.29) is 11.8 Å². The number of nitrogens with zero attached hydrogens (tertiary/aromatic N) is 4. The highest BCUT2D eigenvalue weighted by Crippen LogP contribution is 2.24. The van der Waals surface area contributed by atoms with E-state index in [1.54, 1.807) is 17.0 Å². The summed E-state index contributed by atoms with van der Waals surface area (Å²) in [6, 6.07) is 10.1. The van der Waals surface area contributed by atoms with Crippen molar-refractivity contribution >= 4 is 17.5 Å². The Hall–Kier alpha value is -3.48. The molecule has 7 nitrogen and oxygen atoms in total. The van der Waals surface area contributed by atoms with E-state index in [1.807, 2.05) is 11.0 Å². The van der Waals surface area contributed by atoms with Crippen molar-refractivity contribution in [3.05, 3.63) is 48.2 Å². The Morgan fingerprint density at radius 2 is 1.79 bits per heavy atom. The van der Waals surface area contributed by atoms with Crippen LogP contribution in [-0.2, 0) is 0 Å². The summed E-state index contributed by atoms with van der Waals surface area (Å²) in [5.74, 6) is 0.383. The fourth-order valence-electron chi connectivity index (χ4n) is 2.72. The Morgan fingerprint density at radius 1 is 1.11 bits per heavy atom. The Morgan fingerprint density at radius 3 is 2.32 bits per heavy atom. The third kappa shape index (κ3) is 5.03. The van der Waals surface area contributed by atoms with E-state index in [9.17, 15) is 18.0 Å². The van der Waals surface area contributed by atoms with Gasteiger partial charge < -0.3 is 19.9 Å². The Labute approximate surface area is 158 Å². The maximum atomic E-state index is 12.3. The molecule has 10 heteroatoms. The highest BCUT2D eigenvalue weighted by atomic mass is 19.4. The van der Waals surface area contributed by atoms with Crippen LogP contribution >= 0.6 is 0 Å². The topological polar surface area (TPSA) is 81.5 Å². The highest BCUT2D eigenvalue weighted by Gasteiger charge is 2.31. The van der Waals surface area contributed by atoms with Crippen LogP contribution in [-0.4, -0.2) is 48.5 Å². The molecule has 2 amide bonds. The zero-order chi connectivity index (χ0) is 20.1. The number of aromatic nitrogens is 1. The number of halogens is 3. The molecule has 0 unspecified atom stereocenters. The molecule has 146 valence electrons. The number of rotatable bonds is 3. The first-order chi connectivity index (χ1) is 13.3. The van der Waals surface area contributed by atoms with Crippen molar-refractivity contribution in [2.24, 2.45) is 0 Å². The lowest BCUT2D eigenvalue weighted by molar-refractivity contribution is -0.274. The fraction of sp³-hybridized carbons (Fsp3) is 0.278. The first kappa shape index (κ1) is 19.3. The van der Waals surface area contributed by atoms with Crippen molar-refractivity contribution in [2.45, 2.75) is 6.36 Å². The minimum atomic E-state index is -4.76. The highest BCUT2D eigenvalue weighted by molar-refractivity contribution is 5.89. The minimum Gasteiger partial charge on any atom is -0.406 e. The van der Waals surface area contributed by atoms with Gasteiger partial charge in [0.2, 0.25) is 0 Å². The van der Waals surface area contributed by atoms with E-state index in [4.69, 9.17) is 5.26 Å². The molecule has 2 heterocycles. The molecule has 1 aromatic carbocycles. The lowest BCUT2D eigenvalue weighted by Crippen LogP contribution is -2.50. The second kappa shape index (κ2) is 8.04. The number of benzene rings is 1. The molecule has 28 heavy (non-hydrogen) atoms. The van der Waals surface area contributed by atoms with Gasteiger partial charge in [0.1, 0.15) is 17.6 Å². The van der Waals surface area contributed by atoms with Crippen LogP contribution in [0.2, 0.25) is 0 Å². The molecule has 1 aromatic heterocycles. The lowest BCUT2D eigenvalue weighted by atomic mass is 10.2. The second-order valence-electron chi connectivity index (χ2n) is 5.99. The number of alkyl halides is 3. The summed E-state index contributed by atoms with van der Waals surface area (Å²) in [6.07, 6.45) is -3.26. The van der Waals surface area contributed by atoms with E-state index in [1.165, 1.54) is 18.3 Å². The van der Waals surface area contributed by atoms with Gasteiger partial charge in [-0.15, -0.1) is 13.2 Å². The summed E-state index contributed by atoms with van der Waals surface area (Å²) in [7, 11) is 0. The van der Waals surface area contributed by atoms with Gasteiger partial charge in [0.25, 0.3) is 0 Å². The number of hydrogen-bond donors (Lipinski definition) is 1. The quantitative estimate of drug-likeness (QED) is 0.869. The van der Waals surface area contributed by atoms with Crippen LogP contribution in [0, 0.1) is 11.3 Å². The first-order valence-corrected chi connectivity index (χ1v) is 8.37. The summed E-state index contributed by atoms with van der Waals surface area (Å²) in [4.78, 5) is 20.2. The number of piperazine rings is 1. The van der Waals surface area contributed by atoms with Crippen LogP contribution in [0.3, 0.4) is 0 Å². The third-order valence-corrected chi connectivity index (χ3v) is 4.11. The predicted molar refractivity (Wildman–Crippen MR) is 94.9 cm³/mol. The average Bonchev–Trinajstić information content (AvgIpc) is 2.68. The maximum Gasteiger partial charge on any atom is 0.573 e. The number of nitrogens with one attached hydrogen (secondary N) is 1. The molecule has 1 aliphatic heterocycles. The number of hydrogen-bond acceptors (Lipinski definition) is 5. The molecule has 0 aliphatic carbocycles. The van der Waals surface area contributed by atoms with Crippen LogP contribution in [0.5, 0.6) is 5.75 Å². The van der Waals surface area contributed by atoms with Crippen LogP contribution in [0.4, 0.5) is 29.5 Å². The standard InChI is InChI=1S/C18H16F3N5O2/c19-18(20,21)28-15-4-2-14(3-5-15)24-17(27)26-9-7-25(8-10-26)16-6-1-13(11-22)12-23-16/h1-6,12H,7-10H2,(H,24,27). The minimum absolute atomic E-state index is 0.336. The molecule has 1 N–H and O–H groups in total. The summed E-state index contributed by atoms with van der Waals surface area (Å²) in [5, 5.41) is 11.5. The van der Waals surface area contributed by atoms with E-state index in [0.717, 1.165) is 18.0 Å². The zero-order valence-electron chi connectivity index (χ0n) is 14.6. The molecule has 1 aliphatic rings. The number of pyridine rings is 1. The molecule has 0 bridgehead atoms. The van der Waals surface area contributed by atoms with Crippen LogP contribution in [0.1, 0.15) is 5.56 Å². The maximum absolute atomic E-state index is 12.3. The Bertz CT molecular complexity index is 855. The smallest absolute Gasteiger partial charge is 0.406 e. The van der Waals surface area contributed by atoms with Crippen molar-refractivity contribution in [3.8, 4) is 11.8 Å². The average molecular weight is 391 g/mol. The van der Waals surface area contributed by atoms with Crippen LogP contribution in [0.25, 0.3) is 0 Å². The molecular formula is C18H16F3N5O2. The Kier molecular flexibility index (Phi) is 5.54. The third-order valence-electron chi connectivity index (χ3n) is 4.11. The number of nitriles is 1. The number of amides is 2. The predicted octanol–water partition coefficient (Wildman–Crippen LogP) is 3.21. The van der Waals surface area contributed by atoms with E-state index in [2.05, 4.69) is 15.0 Å². The van der Waals surface area contributed by atoms with Crippen molar-refractivity contribution in [2.75, 3.05) is 36.4 Å². The van der Waals surface area contributed by atoms with Crippen molar-refractivity contribution in [1.29, 1.82) is 5.26 Å². The zero-order valence-corrected chi connectivity index (χ0v) is 14.6. The van der Waals surface area contributed by atoms with Crippen LogP contribution < -0.4 is 15.0 Å². The number of carbonyl (C=O) groups excluding carboxylic acids is 1. The summed E-state index contributed by atoms with van der Waals surface area (Å²) in [6.45, 7) is 2.07. The number of ether oxygens (including phenoxy) is 1. The monoisotopic (exact) mass is 391 g/mol. The number of urea groups is 1. The van der Waals surface area contributed by atoms with Gasteiger partial charge in [0.05, 0.1) is 5.56 Å². The van der Waals surface area contributed by atoms with Crippen molar-refractivity contribution in [1.82, 2.24) is 9.88 Å². The first-order valence-electron chi connectivity index (χ1n) is 8.37. The van der Waals surface area contributed by atoms with Gasteiger partial charge in [0, 0.05) is 38.1 Å². The fourth-order valence-corrected chi connectivity index (χ4v) is 2.72. The summed E-state index contributed by atoms with van der Waals surface area (Å²) < 4.78 is 40.3. The van der Waals surface area contributed by atoms with E-state index < -0.39 is 6.36 Å². The van der Waals surface area contributed by atoms with Gasteiger partial charge in [-0.3, -0.25) is 0 Å². The molecule has 1 fully saturated rings. The van der Waals surface area contributed by atoms with Gasteiger partial charge in [-0.05, 0) is 36.4 Å². The Balaban J connectivity index is 1.51. The SMILES string of the molecule is N#Cc1ccc(N2CCN(C(=O)Nc3ccc(OC(F)(F)F)cc3)CC2)nc1. The molecule has 0 atom stereocenters.